The number of carbonyl (C=O) groups is 8. The zero-order valence-electron chi connectivity index (χ0n) is 26.5. The molecule has 7 rings (SSSR count). The number of hydrogen-bond acceptors (Lipinski definition) is 9. The molecule has 1 aliphatic carbocycles. The number of aromatic carboxylic acids is 2. The maximum Gasteiger partial charge on any atom is 0.346 e. The maximum atomic E-state index is 13.4. The van der Waals surface area contributed by atoms with E-state index >= 15 is 0 Å². The maximum absolute atomic E-state index is 13.4. The number of esters is 2. The molecule has 4 N–H and O–H groups in total. The summed E-state index contributed by atoms with van der Waals surface area (Å²) >= 11 is 0. The number of Topliss-reactive ketones (excluding diaryl/α,β-unsaturated/α-hetero) is 2. The van der Waals surface area contributed by atoms with Gasteiger partial charge >= 0.3 is 23.9 Å². The van der Waals surface area contributed by atoms with Gasteiger partial charge in [-0.1, -0.05) is 30.3 Å². The number of nitrogens with one attached hydrogen (secondary N) is 2. The SMILES string of the molecule is O=C(O)c1ccc(-c2ccc3c(c2)C(=O)CC3=O)cc1C(=O)Nc1ccc(NC(=O)c2cc(-c3ccc4c(c3)C(=O)OC4=O)ccc2C(=O)O)cc1. The lowest BCUT2D eigenvalue weighted by Crippen LogP contribution is -2.17. The normalized spacial score (nSPS) is 12.9. The first-order valence-electron chi connectivity index (χ1n) is 15.5. The summed E-state index contributed by atoms with van der Waals surface area (Å²) in [7, 11) is 0. The molecule has 0 radical (unpaired) electrons. The molecule has 0 unspecified atom stereocenters. The predicted octanol–water partition coefficient (Wildman–Crippen LogP) is 6.00. The fraction of sp³-hybridized carbons (Fsp3) is 0.0256. The number of amides is 2. The van der Waals surface area contributed by atoms with E-state index in [0.29, 0.717) is 27.8 Å². The summed E-state index contributed by atoms with van der Waals surface area (Å²) in [5.41, 5.74) is 2.06. The highest BCUT2D eigenvalue weighted by Gasteiger charge is 2.30. The lowest BCUT2D eigenvalue weighted by molar-refractivity contribution is 0.0441. The van der Waals surface area contributed by atoms with Crippen LogP contribution in [0.3, 0.4) is 0 Å². The van der Waals surface area contributed by atoms with Crippen LogP contribution in [0, 0.1) is 0 Å². The molecule has 13 heteroatoms. The van der Waals surface area contributed by atoms with Crippen molar-refractivity contribution in [1.82, 2.24) is 0 Å². The van der Waals surface area contributed by atoms with Gasteiger partial charge in [0.05, 0.1) is 39.8 Å². The second-order valence-electron chi connectivity index (χ2n) is 11.8. The predicted molar refractivity (Wildman–Crippen MR) is 183 cm³/mol. The first-order chi connectivity index (χ1) is 24.9. The van der Waals surface area contributed by atoms with Gasteiger partial charge in [-0.2, -0.15) is 0 Å². The van der Waals surface area contributed by atoms with E-state index in [2.05, 4.69) is 15.4 Å². The van der Waals surface area contributed by atoms with Gasteiger partial charge in [-0.3, -0.25) is 19.2 Å². The molecule has 0 aromatic heterocycles. The van der Waals surface area contributed by atoms with E-state index in [4.69, 9.17) is 0 Å². The number of carbonyl (C=O) groups excluding carboxylic acids is 6. The van der Waals surface area contributed by atoms with Crippen molar-refractivity contribution in [3.05, 3.63) is 142 Å². The molecule has 0 bridgehead atoms. The Balaban J connectivity index is 1.10. The zero-order chi connectivity index (χ0) is 36.8. The molecule has 1 heterocycles. The van der Waals surface area contributed by atoms with Crippen LogP contribution in [0.15, 0.2) is 97.1 Å². The van der Waals surface area contributed by atoms with Crippen LogP contribution in [-0.4, -0.2) is 57.5 Å². The molecule has 13 nitrogen and oxygen atoms in total. The molecule has 1 aliphatic heterocycles. The topological polar surface area (TPSA) is 210 Å². The number of cyclic esters (lactones) is 2. The van der Waals surface area contributed by atoms with Crippen molar-refractivity contribution in [1.29, 1.82) is 0 Å². The Labute approximate surface area is 292 Å². The lowest BCUT2D eigenvalue weighted by Gasteiger charge is -2.13. The largest absolute Gasteiger partial charge is 0.478 e. The Morgan fingerprint density at radius 2 is 0.865 bits per heavy atom. The second kappa shape index (κ2) is 12.7. The van der Waals surface area contributed by atoms with Gasteiger partial charge in [-0.25, -0.2) is 19.2 Å². The van der Waals surface area contributed by atoms with E-state index in [-0.39, 0.29) is 68.3 Å². The highest BCUT2D eigenvalue weighted by atomic mass is 16.6. The third kappa shape index (κ3) is 5.98. The molecule has 0 atom stereocenters. The third-order valence-corrected chi connectivity index (χ3v) is 8.64. The second-order valence-corrected chi connectivity index (χ2v) is 11.8. The highest BCUT2D eigenvalue weighted by molar-refractivity contribution is 6.24. The number of carboxylic acid groups (broad SMARTS) is 2. The summed E-state index contributed by atoms with van der Waals surface area (Å²) in [6, 6.07) is 23.0. The molecule has 2 amide bonds. The minimum Gasteiger partial charge on any atom is -0.478 e. The molecule has 0 saturated heterocycles. The fourth-order valence-corrected chi connectivity index (χ4v) is 6.03. The van der Waals surface area contributed by atoms with Crippen LogP contribution in [0.5, 0.6) is 0 Å². The number of hydrogen-bond donors (Lipinski definition) is 4. The Morgan fingerprint density at radius 1 is 0.462 bits per heavy atom. The van der Waals surface area contributed by atoms with Gasteiger partial charge in [0.15, 0.2) is 11.6 Å². The number of ketones is 2. The summed E-state index contributed by atoms with van der Waals surface area (Å²) < 4.78 is 4.62. The van der Waals surface area contributed by atoms with Crippen LogP contribution < -0.4 is 10.6 Å². The van der Waals surface area contributed by atoms with Crippen molar-refractivity contribution in [2.75, 3.05) is 10.6 Å². The average Bonchev–Trinajstić information content (AvgIpc) is 3.59. The van der Waals surface area contributed by atoms with Gasteiger partial charge in [0, 0.05) is 22.5 Å². The van der Waals surface area contributed by atoms with E-state index in [9.17, 15) is 48.6 Å². The number of carboxylic acids is 2. The van der Waals surface area contributed by atoms with Crippen molar-refractivity contribution in [2.45, 2.75) is 6.42 Å². The molecule has 0 saturated carbocycles. The molecule has 254 valence electrons. The van der Waals surface area contributed by atoms with Crippen LogP contribution >= 0.6 is 0 Å². The number of fused-ring (bicyclic) bond motifs is 2. The fourth-order valence-electron chi connectivity index (χ4n) is 6.03. The molecule has 5 aromatic carbocycles. The lowest BCUT2D eigenvalue weighted by atomic mass is 9.96. The van der Waals surface area contributed by atoms with Gasteiger partial charge in [-0.05, 0) is 89.0 Å². The van der Waals surface area contributed by atoms with E-state index < -0.39 is 35.7 Å². The van der Waals surface area contributed by atoms with Gasteiger partial charge in [-0.15, -0.1) is 0 Å². The monoisotopic (exact) mass is 694 g/mol. The highest BCUT2D eigenvalue weighted by Crippen LogP contribution is 2.31. The molecular formula is C39H22N2O11. The quantitative estimate of drug-likeness (QED) is 0.109. The molecule has 0 fully saturated rings. The van der Waals surface area contributed by atoms with Crippen LogP contribution in [0.2, 0.25) is 0 Å². The summed E-state index contributed by atoms with van der Waals surface area (Å²) in [5.74, 6) is -6.41. The molecule has 2 aliphatic rings. The van der Waals surface area contributed by atoms with Crippen LogP contribution in [0.25, 0.3) is 22.3 Å². The van der Waals surface area contributed by atoms with Gasteiger partial charge < -0.3 is 25.6 Å². The van der Waals surface area contributed by atoms with Gasteiger partial charge in [0.25, 0.3) is 11.8 Å². The average molecular weight is 695 g/mol. The molecular weight excluding hydrogens is 672 g/mol. The summed E-state index contributed by atoms with van der Waals surface area (Å²) in [6.45, 7) is 0. The van der Waals surface area contributed by atoms with Crippen LogP contribution in [0.4, 0.5) is 11.4 Å². The molecule has 0 spiro atoms. The van der Waals surface area contributed by atoms with Crippen molar-refractivity contribution in [2.24, 2.45) is 0 Å². The van der Waals surface area contributed by atoms with E-state index in [0.717, 1.165) is 0 Å². The van der Waals surface area contributed by atoms with Crippen molar-refractivity contribution in [3.8, 4) is 22.3 Å². The number of rotatable bonds is 8. The minimum absolute atomic E-state index is 0.0466. The zero-order valence-corrected chi connectivity index (χ0v) is 26.5. The van der Waals surface area contributed by atoms with E-state index in [1.165, 1.54) is 91.0 Å². The Bertz CT molecular complexity index is 2310. The van der Waals surface area contributed by atoms with Crippen molar-refractivity contribution < 1.29 is 53.3 Å². The smallest absolute Gasteiger partial charge is 0.346 e. The first kappa shape index (κ1) is 33.0. The molecule has 5 aromatic rings. The first-order valence-corrected chi connectivity index (χ1v) is 15.5. The van der Waals surface area contributed by atoms with Gasteiger partial charge in [0.2, 0.25) is 0 Å². The summed E-state index contributed by atoms with van der Waals surface area (Å²) in [6.07, 6.45) is -0.218. The minimum atomic E-state index is -1.36. The molecule has 52 heavy (non-hydrogen) atoms. The van der Waals surface area contributed by atoms with Crippen LogP contribution in [-0.2, 0) is 4.74 Å². The van der Waals surface area contributed by atoms with E-state index in [1.807, 2.05) is 0 Å². The third-order valence-electron chi connectivity index (χ3n) is 8.64. The van der Waals surface area contributed by atoms with Crippen LogP contribution in [0.1, 0.15) is 89.3 Å². The standard InChI is InChI=1S/C39H22N2O11/c42-32-17-33(43)28-13-18(1-9-24(28)32)19-2-10-25(36(46)47)29(14-19)34(44)40-22-5-7-23(8-6-22)41-35(45)30-15-20(3-11-26(30)37(48)49)21-4-12-27-31(16-21)39(51)52-38(27)50/h1-16H,17H2,(H,40,44)(H,41,45)(H,46,47)(H,48,49). The number of benzene rings is 5. The summed E-state index contributed by atoms with van der Waals surface area (Å²) in [4.78, 5) is 98.8. The van der Waals surface area contributed by atoms with E-state index in [1.54, 1.807) is 6.07 Å². The Kier molecular flexibility index (Phi) is 8.07. The summed E-state index contributed by atoms with van der Waals surface area (Å²) in [5, 5.41) is 24.8. The number of anilines is 2. The van der Waals surface area contributed by atoms with Crippen molar-refractivity contribution in [3.63, 3.8) is 0 Å². The Hall–Kier alpha value is -7.54. The Morgan fingerprint density at radius 3 is 1.37 bits per heavy atom. The number of ether oxygens (including phenoxy) is 1. The van der Waals surface area contributed by atoms with Gasteiger partial charge in [0.1, 0.15) is 0 Å². The van der Waals surface area contributed by atoms with Crippen molar-refractivity contribution >= 4 is 58.6 Å².